The molecule has 188 valence electrons. The number of aliphatic hydroxyl groups is 1. The van der Waals surface area contributed by atoms with Gasteiger partial charge in [0.15, 0.2) is 22.9 Å². The molecule has 7 nitrogen and oxygen atoms in total. The molecular formula is C27H18Cl2FNO6. The van der Waals surface area contributed by atoms with E-state index in [1.807, 2.05) is 0 Å². The van der Waals surface area contributed by atoms with Crippen LogP contribution in [0.2, 0.25) is 10.0 Å². The molecule has 4 aromatic rings. The van der Waals surface area contributed by atoms with Gasteiger partial charge in [0, 0.05) is 22.2 Å². The fourth-order valence-corrected chi connectivity index (χ4v) is 4.82. The number of rotatable bonds is 6. The number of ketones is 1. The van der Waals surface area contributed by atoms with Gasteiger partial charge in [0.25, 0.3) is 5.91 Å². The Morgan fingerprint density at radius 3 is 2.35 bits per heavy atom. The highest BCUT2D eigenvalue weighted by Crippen LogP contribution is 2.44. The Morgan fingerprint density at radius 2 is 1.70 bits per heavy atom. The van der Waals surface area contributed by atoms with E-state index in [2.05, 4.69) is 0 Å². The number of methoxy groups -OCH3 is 2. The highest BCUT2D eigenvalue weighted by molar-refractivity contribution is 6.32. The summed E-state index contributed by atoms with van der Waals surface area (Å²) in [5.74, 6) is -2.31. The Morgan fingerprint density at radius 1 is 1.00 bits per heavy atom. The van der Waals surface area contributed by atoms with Crippen molar-refractivity contribution in [3.05, 3.63) is 99.2 Å². The molecule has 5 rings (SSSR count). The molecule has 1 N–H and O–H groups in total. The van der Waals surface area contributed by atoms with Gasteiger partial charge in [0.05, 0.1) is 30.9 Å². The number of amides is 1. The molecule has 2 heterocycles. The lowest BCUT2D eigenvalue weighted by Gasteiger charge is -2.27. The molecule has 1 aromatic heterocycles. The monoisotopic (exact) mass is 541 g/mol. The standard InChI is InChI=1S/C27H18Cl2FNO6/c1-35-19-8-7-17(12-18(19)29)31-23(13-3-5-16(30)6-4-13)22(25(33)27(31)34)24(32)20-10-14-9-15(28)11-21(36-2)26(14)37-20/h3-12,23,33H,1-2H3. The number of furan rings is 1. The summed E-state index contributed by atoms with van der Waals surface area (Å²) in [6, 6.07) is 13.3. The molecule has 0 saturated carbocycles. The van der Waals surface area contributed by atoms with Crippen LogP contribution in [-0.2, 0) is 4.79 Å². The van der Waals surface area contributed by atoms with Crippen molar-refractivity contribution in [3.63, 3.8) is 0 Å². The molecule has 1 aliphatic heterocycles. The second-order valence-corrected chi connectivity index (χ2v) is 9.02. The molecule has 1 amide bonds. The molecule has 1 unspecified atom stereocenters. The van der Waals surface area contributed by atoms with Gasteiger partial charge < -0.3 is 19.0 Å². The van der Waals surface area contributed by atoms with Crippen molar-refractivity contribution in [2.24, 2.45) is 0 Å². The Hall–Kier alpha value is -4.01. The summed E-state index contributed by atoms with van der Waals surface area (Å²) in [4.78, 5) is 28.3. The molecule has 3 aromatic carbocycles. The van der Waals surface area contributed by atoms with Gasteiger partial charge >= 0.3 is 0 Å². The third-order valence-corrected chi connectivity index (χ3v) is 6.56. The number of aliphatic hydroxyl groups excluding tert-OH is 1. The van der Waals surface area contributed by atoms with Crippen LogP contribution in [-0.4, -0.2) is 31.0 Å². The number of nitrogens with zero attached hydrogens (tertiary/aromatic N) is 1. The van der Waals surface area contributed by atoms with E-state index in [1.54, 1.807) is 18.2 Å². The average Bonchev–Trinajstić information content (AvgIpc) is 3.42. The molecular weight excluding hydrogens is 524 g/mol. The van der Waals surface area contributed by atoms with Crippen LogP contribution in [0, 0.1) is 5.82 Å². The largest absolute Gasteiger partial charge is 0.503 e. The van der Waals surface area contributed by atoms with Gasteiger partial charge in [-0.2, -0.15) is 0 Å². The van der Waals surface area contributed by atoms with Crippen LogP contribution in [0.1, 0.15) is 22.2 Å². The number of anilines is 1. The van der Waals surface area contributed by atoms with Crippen molar-refractivity contribution >= 4 is 51.5 Å². The minimum Gasteiger partial charge on any atom is -0.503 e. The summed E-state index contributed by atoms with van der Waals surface area (Å²) in [5.41, 5.74) is 0.702. The number of Topliss-reactive ketones (excluding diaryl/α,β-unsaturated/α-hetero) is 1. The smallest absolute Gasteiger partial charge is 0.294 e. The zero-order valence-corrected chi connectivity index (χ0v) is 20.9. The first-order chi connectivity index (χ1) is 17.7. The fraction of sp³-hybridized carbons (Fsp3) is 0.111. The average molecular weight is 542 g/mol. The van der Waals surface area contributed by atoms with Crippen molar-refractivity contribution in [2.45, 2.75) is 6.04 Å². The number of carbonyl (C=O) groups is 2. The van der Waals surface area contributed by atoms with Gasteiger partial charge in [-0.3, -0.25) is 14.5 Å². The van der Waals surface area contributed by atoms with E-state index in [0.29, 0.717) is 27.5 Å². The third-order valence-electron chi connectivity index (χ3n) is 6.04. The molecule has 0 fully saturated rings. The van der Waals surface area contributed by atoms with E-state index in [-0.39, 0.29) is 27.6 Å². The summed E-state index contributed by atoms with van der Waals surface area (Å²) in [7, 11) is 2.88. The normalized spacial score (nSPS) is 15.5. The lowest BCUT2D eigenvalue weighted by Crippen LogP contribution is -2.31. The van der Waals surface area contributed by atoms with Crippen LogP contribution < -0.4 is 14.4 Å². The SMILES string of the molecule is COc1ccc(N2C(=O)C(O)=C(C(=O)c3cc4cc(Cl)cc(OC)c4o3)C2c2ccc(F)cc2)cc1Cl. The number of halogens is 3. The number of benzene rings is 3. The Kier molecular flexibility index (Phi) is 6.31. The minimum atomic E-state index is -1.11. The van der Waals surface area contributed by atoms with Gasteiger partial charge in [0.2, 0.25) is 5.78 Å². The molecule has 0 spiro atoms. The molecule has 1 aliphatic rings. The zero-order valence-electron chi connectivity index (χ0n) is 19.4. The zero-order chi connectivity index (χ0) is 26.4. The number of hydrogen-bond acceptors (Lipinski definition) is 6. The van der Waals surface area contributed by atoms with Crippen LogP contribution in [0.15, 0.2) is 76.4 Å². The maximum absolute atomic E-state index is 13.8. The van der Waals surface area contributed by atoms with Crippen molar-refractivity contribution in [3.8, 4) is 11.5 Å². The van der Waals surface area contributed by atoms with Crippen LogP contribution in [0.3, 0.4) is 0 Å². The van der Waals surface area contributed by atoms with Gasteiger partial charge in [-0.1, -0.05) is 35.3 Å². The Bertz CT molecular complexity index is 1590. The second kappa shape index (κ2) is 9.46. The second-order valence-electron chi connectivity index (χ2n) is 8.18. The number of ether oxygens (including phenoxy) is 2. The Balaban J connectivity index is 1.66. The summed E-state index contributed by atoms with van der Waals surface area (Å²) in [5, 5.41) is 12.0. The van der Waals surface area contributed by atoms with E-state index in [9.17, 15) is 19.1 Å². The maximum Gasteiger partial charge on any atom is 0.294 e. The molecule has 0 radical (unpaired) electrons. The molecule has 0 aliphatic carbocycles. The van der Waals surface area contributed by atoms with Crippen LogP contribution >= 0.6 is 23.2 Å². The minimum absolute atomic E-state index is 0.147. The molecule has 37 heavy (non-hydrogen) atoms. The summed E-state index contributed by atoms with van der Waals surface area (Å²) < 4.78 is 30.0. The molecule has 10 heteroatoms. The molecule has 0 bridgehead atoms. The quantitative estimate of drug-likeness (QED) is 0.274. The van der Waals surface area contributed by atoms with E-state index >= 15 is 0 Å². The lowest BCUT2D eigenvalue weighted by atomic mass is 9.94. The number of hydrogen-bond donors (Lipinski definition) is 1. The van der Waals surface area contributed by atoms with Crippen molar-refractivity contribution in [1.29, 1.82) is 0 Å². The predicted molar refractivity (Wildman–Crippen MR) is 136 cm³/mol. The third kappa shape index (κ3) is 4.18. The maximum atomic E-state index is 13.8. The Labute approximate surface area is 220 Å². The molecule has 1 atom stereocenters. The van der Waals surface area contributed by atoms with Crippen molar-refractivity contribution < 1.29 is 33.0 Å². The van der Waals surface area contributed by atoms with E-state index in [4.69, 9.17) is 37.1 Å². The topological polar surface area (TPSA) is 89.2 Å². The van der Waals surface area contributed by atoms with Crippen LogP contribution in [0.5, 0.6) is 11.5 Å². The van der Waals surface area contributed by atoms with E-state index in [0.717, 1.165) is 0 Å². The highest BCUT2D eigenvalue weighted by Gasteiger charge is 2.45. The molecule has 0 saturated heterocycles. The predicted octanol–water partition coefficient (Wildman–Crippen LogP) is 6.68. The lowest BCUT2D eigenvalue weighted by molar-refractivity contribution is -0.117. The first-order valence-corrected chi connectivity index (χ1v) is 11.7. The highest BCUT2D eigenvalue weighted by atomic mass is 35.5. The summed E-state index contributed by atoms with van der Waals surface area (Å²) in [6.45, 7) is 0. The summed E-state index contributed by atoms with van der Waals surface area (Å²) in [6.07, 6.45) is 0. The fourth-order valence-electron chi connectivity index (χ4n) is 4.35. The first-order valence-electron chi connectivity index (χ1n) is 10.9. The van der Waals surface area contributed by atoms with Crippen LogP contribution in [0.25, 0.3) is 11.0 Å². The van der Waals surface area contributed by atoms with E-state index < -0.39 is 29.3 Å². The van der Waals surface area contributed by atoms with Gasteiger partial charge in [-0.15, -0.1) is 0 Å². The van der Waals surface area contributed by atoms with Crippen molar-refractivity contribution in [2.75, 3.05) is 19.1 Å². The summed E-state index contributed by atoms with van der Waals surface area (Å²) >= 11 is 12.4. The van der Waals surface area contributed by atoms with E-state index in [1.165, 1.54) is 61.6 Å². The number of carbonyl (C=O) groups excluding carboxylic acids is 2. The van der Waals surface area contributed by atoms with Gasteiger partial charge in [0.1, 0.15) is 11.6 Å². The van der Waals surface area contributed by atoms with Crippen molar-refractivity contribution in [1.82, 2.24) is 0 Å². The first kappa shape index (κ1) is 24.7. The van der Waals surface area contributed by atoms with Gasteiger partial charge in [-0.25, -0.2) is 4.39 Å². The van der Waals surface area contributed by atoms with Gasteiger partial charge in [-0.05, 0) is 48.0 Å². The number of fused-ring (bicyclic) bond motifs is 1. The van der Waals surface area contributed by atoms with Crippen LogP contribution in [0.4, 0.5) is 10.1 Å².